The van der Waals surface area contributed by atoms with Crippen molar-refractivity contribution in [2.75, 3.05) is 14.1 Å². The molecule has 1 amide bonds. The summed E-state index contributed by atoms with van der Waals surface area (Å²) in [5, 5.41) is 6.94. The second-order valence-electron chi connectivity index (χ2n) is 7.33. The van der Waals surface area contributed by atoms with E-state index in [-0.39, 0.29) is 23.6 Å². The van der Waals surface area contributed by atoms with Crippen LogP contribution in [0.5, 0.6) is 0 Å². The summed E-state index contributed by atoms with van der Waals surface area (Å²) in [5.74, 6) is 0.278. The minimum absolute atomic E-state index is 0.0634. The molecule has 1 heterocycles. The Labute approximate surface area is 146 Å². The standard InChI is InChI=1S/C18H23FN4O2/c1-18(2,17-20-15(25-22-17)10-23(3)4)21-16(24)13-9-12(13)11-7-5-6-8-14(11)19/h5-8,12-13H,9-10H2,1-4H3,(H,21,24). The number of carbonyl (C=O) groups excluding carboxylic acids is 1. The van der Waals surface area contributed by atoms with E-state index in [1.165, 1.54) is 6.07 Å². The highest BCUT2D eigenvalue weighted by atomic mass is 19.1. The highest BCUT2D eigenvalue weighted by Crippen LogP contribution is 2.48. The average molecular weight is 346 g/mol. The molecule has 1 saturated carbocycles. The van der Waals surface area contributed by atoms with Crippen LogP contribution in [-0.2, 0) is 16.9 Å². The van der Waals surface area contributed by atoms with Crippen LogP contribution in [0, 0.1) is 11.7 Å². The van der Waals surface area contributed by atoms with Gasteiger partial charge in [0.15, 0.2) is 5.82 Å². The van der Waals surface area contributed by atoms with E-state index in [0.29, 0.717) is 30.2 Å². The second-order valence-corrected chi connectivity index (χ2v) is 7.33. The van der Waals surface area contributed by atoms with Crippen molar-refractivity contribution in [3.63, 3.8) is 0 Å². The predicted octanol–water partition coefficient (Wildman–Crippen LogP) is 2.43. The van der Waals surface area contributed by atoms with E-state index in [9.17, 15) is 9.18 Å². The molecule has 0 bridgehead atoms. The van der Waals surface area contributed by atoms with Gasteiger partial charge in [-0.2, -0.15) is 4.98 Å². The molecule has 1 aliphatic rings. The molecule has 7 heteroatoms. The fraction of sp³-hybridized carbons (Fsp3) is 0.500. The van der Waals surface area contributed by atoms with E-state index < -0.39 is 5.54 Å². The molecule has 134 valence electrons. The van der Waals surface area contributed by atoms with Crippen molar-refractivity contribution in [1.82, 2.24) is 20.4 Å². The molecule has 6 nitrogen and oxygen atoms in total. The van der Waals surface area contributed by atoms with Crippen LogP contribution in [0.4, 0.5) is 4.39 Å². The minimum atomic E-state index is -0.756. The van der Waals surface area contributed by atoms with Gasteiger partial charge in [-0.1, -0.05) is 23.4 Å². The molecule has 3 rings (SSSR count). The third-order valence-electron chi connectivity index (χ3n) is 4.35. The van der Waals surface area contributed by atoms with Crippen molar-refractivity contribution in [1.29, 1.82) is 0 Å². The third kappa shape index (κ3) is 3.87. The molecule has 0 radical (unpaired) electrons. The Morgan fingerprint density at radius 2 is 2.12 bits per heavy atom. The summed E-state index contributed by atoms with van der Waals surface area (Å²) in [6.07, 6.45) is 0.654. The van der Waals surface area contributed by atoms with E-state index in [0.717, 1.165) is 0 Å². The van der Waals surface area contributed by atoms with E-state index in [1.807, 2.05) is 32.8 Å². The molecule has 1 aromatic carbocycles. The highest BCUT2D eigenvalue weighted by Gasteiger charge is 2.46. The maximum Gasteiger partial charge on any atom is 0.240 e. The minimum Gasteiger partial charge on any atom is -0.344 e. The molecule has 2 atom stereocenters. The summed E-state index contributed by atoms with van der Waals surface area (Å²) in [6.45, 7) is 4.19. The van der Waals surface area contributed by atoms with Gasteiger partial charge in [0.1, 0.15) is 5.82 Å². The Morgan fingerprint density at radius 3 is 2.80 bits per heavy atom. The topological polar surface area (TPSA) is 71.3 Å². The fourth-order valence-corrected chi connectivity index (χ4v) is 2.90. The number of halogens is 1. The Kier molecular flexibility index (Phi) is 4.60. The van der Waals surface area contributed by atoms with Gasteiger partial charge in [0.25, 0.3) is 0 Å². The lowest BCUT2D eigenvalue weighted by atomic mass is 10.0. The molecule has 1 aromatic heterocycles. The summed E-state index contributed by atoms with van der Waals surface area (Å²) in [7, 11) is 3.82. The molecule has 0 aliphatic heterocycles. The van der Waals surface area contributed by atoms with Gasteiger partial charge < -0.3 is 14.7 Å². The lowest BCUT2D eigenvalue weighted by molar-refractivity contribution is -0.124. The molecule has 0 spiro atoms. The van der Waals surface area contributed by atoms with Gasteiger partial charge in [-0.15, -0.1) is 0 Å². The number of nitrogens with one attached hydrogen (secondary N) is 1. The lowest BCUT2D eigenvalue weighted by Gasteiger charge is -2.22. The van der Waals surface area contributed by atoms with Gasteiger partial charge in [0, 0.05) is 5.92 Å². The van der Waals surface area contributed by atoms with Crippen LogP contribution in [-0.4, -0.2) is 35.0 Å². The normalized spacial score (nSPS) is 19.9. The molecular formula is C18H23FN4O2. The first-order chi connectivity index (χ1) is 11.8. The van der Waals surface area contributed by atoms with E-state index in [4.69, 9.17) is 4.52 Å². The van der Waals surface area contributed by atoms with Crippen molar-refractivity contribution in [2.24, 2.45) is 5.92 Å². The summed E-state index contributed by atoms with van der Waals surface area (Å²) in [5.41, 5.74) is -0.152. The monoisotopic (exact) mass is 346 g/mol. The molecule has 0 saturated heterocycles. The van der Waals surface area contributed by atoms with Crippen molar-refractivity contribution in [3.8, 4) is 0 Å². The zero-order chi connectivity index (χ0) is 18.2. The third-order valence-corrected chi connectivity index (χ3v) is 4.35. The summed E-state index contributed by atoms with van der Waals surface area (Å²) < 4.78 is 19.1. The zero-order valence-electron chi connectivity index (χ0n) is 14.9. The quantitative estimate of drug-likeness (QED) is 0.870. The number of benzene rings is 1. The van der Waals surface area contributed by atoms with Crippen LogP contribution in [0.2, 0.25) is 0 Å². The van der Waals surface area contributed by atoms with Crippen LogP contribution in [0.25, 0.3) is 0 Å². The van der Waals surface area contributed by atoms with Crippen LogP contribution in [0.3, 0.4) is 0 Å². The number of amides is 1. The Balaban J connectivity index is 1.64. The fourth-order valence-electron chi connectivity index (χ4n) is 2.90. The summed E-state index contributed by atoms with van der Waals surface area (Å²) >= 11 is 0. The van der Waals surface area contributed by atoms with Crippen LogP contribution in [0.1, 0.15) is 43.5 Å². The lowest BCUT2D eigenvalue weighted by Crippen LogP contribution is -2.42. The van der Waals surface area contributed by atoms with Gasteiger partial charge in [-0.05, 0) is 51.9 Å². The first-order valence-electron chi connectivity index (χ1n) is 8.32. The maximum absolute atomic E-state index is 13.9. The first kappa shape index (κ1) is 17.5. The van der Waals surface area contributed by atoms with Crippen LogP contribution in [0.15, 0.2) is 28.8 Å². The number of rotatable bonds is 6. The number of carbonyl (C=O) groups is 1. The summed E-state index contributed by atoms with van der Waals surface area (Å²) in [6, 6.07) is 6.62. The van der Waals surface area contributed by atoms with E-state index in [1.54, 1.807) is 18.2 Å². The Bertz CT molecular complexity index is 772. The largest absolute Gasteiger partial charge is 0.344 e. The zero-order valence-corrected chi connectivity index (χ0v) is 14.9. The van der Waals surface area contributed by atoms with Crippen LogP contribution >= 0.6 is 0 Å². The number of aromatic nitrogens is 2. The summed E-state index contributed by atoms with van der Waals surface area (Å²) in [4.78, 5) is 18.8. The van der Waals surface area contributed by atoms with Gasteiger partial charge in [-0.3, -0.25) is 4.79 Å². The second kappa shape index (κ2) is 6.55. The Hall–Kier alpha value is -2.28. The van der Waals surface area contributed by atoms with Gasteiger partial charge in [0.2, 0.25) is 11.8 Å². The predicted molar refractivity (Wildman–Crippen MR) is 90.1 cm³/mol. The van der Waals surface area contributed by atoms with Gasteiger partial charge >= 0.3 is 0 Å². The number of nitrogens with zero attached hydrogens (tertiary/aromatic N) is 3. The molecule has 25 heavy (non-hydrogen) atoms. The number of hydrogen-bond donors (Lipinski definition) is 1. The molecule has 2 unspecified atom stereocenters. The van der Waals surface area contributed by atoms with Crippen LogP contribution < -0.4 is 5.32 Å². The Morgan fingerprint density at radius 1 is 1.40 bits per heavy atom. The average Bonchev–Trinajstić information content (AvgIpc) is 3.18. The maximum atomic E-state index is 13.9. The van der Waals surface area contributed by atoms with Crippen molar-refractivity contribution < 1.29 is 13.7 Å². The van der Waals surface area contributed by atoms with E-state index >= 15 is 0 Å². The van der Waals surface area contributed by atoms with E-state index in [2.05, 4.69) is 15.5 Å². The molecule has 1 aliphatic carbocycles. The molecule has 1 N–H and O–H groups in total. The first-order valence-corrected chi connectivity index (χ1v) is 8.32. The van der Waals surface area contributed by atoms with Gasteiger partial charge in [-0.25, -0.2) is 4.39 Å². The smallest absolute Gasteiger partial charge is 0.240 e. The van der Waals surface area contributed by atoms with Gasteiger partial charge in [0.05, 0.1) is 12.1 Å². The molecule has 1 fully saturated rings. The SMILES string of the molecule is CN(C)Cc1nc(C(C)(C)NC(=O)C2CC2c2ccccc2F)no1. The van der Waals surface area contributed by atoms with Crippen molar-refractivity contribution >= 4 is 5.91 Å². The van der Waals surface area contributed by atoms with Crippen molar-refractivity contribution in [2.45, 2.75) is 38.3 Å². The molecule has 2 aromatic rings. The number of hydrogen-bond acceptors (Lipinski definition) is 5. The van der Waals surface area contributed by atoms with Crippen molar-refractivity contribution in [3.05, 3.63) is 47.4 Å². The highest BCUT2D eigenvalue weighted by molar-refractivity contribution is 5.83. The molecular weight excluding hydrogens is 323 g/mol.